The minimum Gasteiger partial charge on any atom is -0.386 e. The average molecular weight is 599 g/mol. The predicted molar refractivity (Wildman–Crippen MR) is 185 cm³/mol. The summed E-state index contributed by atoms with van der Waals surface area (Å²) in [6.45, 7) is 0.619. The van der Waals surface area contributed by atoms with Gasteiger partial charge in [0.2, 0.25) is 0 Å². The Morgan fingerprint density at radius 1 is 0.667 bits per heavy atom. The number of allylic oxidation sites excluding steroid dienone is 2. The third-order valence-electron chi connectivity index (χ3n) is 8.77. The molecule has 0 saturated carbocycles. The molecule has 6 nitrogen and oxygen atoms in total. The summed E-state index contributed by atoms with van der Waals surface area (Å²) in [5.74, 6) is 0. The van der Waals surface area contributed by atoms with Crippen molar-refractivity contribution in [2.24, 2.45) is 0 Å². The molecule has 0 aliphatic carbocycles. The van der Waals surface area contributed by atoms with Gasteiger partial charge in [0.1, 0.15) is 0 Å². The maximum absolute atomic E-state index is 14.9. The molecule has 1 N–H and O–H groups in total. The molecule has 0 atom stereocenters. The van der Waals surface area contributed by atoms with Crippen LogP contribution in [-0.2, 0) is 0 Å². The van der Waals surface area contributed by atoms with E-state index in [1.54, 1.807) is 23.6 Å². The molecule has 0 fully saturated rings. The fourth-order valence-corrected chi connectivity index (χ4v) is 7.98. The van der Waals surface area contributed by atoms with E-state index in [1.807, 2.05) is 78.9 Å². The standard InChI is InChI=1S/C38H22N4O2S/c39-20-22-12-13-25-29-18-30-28(19-34(29)45-33(25)17-22)26-14-15-32-35(36(26)38(44)42(37(30)43)24-9-6-16-40-21-24)27-10-4-5-11-31(27)41(32)23-7-2-1-3-8-23/h1-15,17-19,21,40H,16H2. The molecule has 0 spiro atoms. The van der Waals surface area contributed by atoms with Gasteiger partial charge in [0.25, 0.3) is 11.1 Å². The lowest BCUT2D eigenvalue weighted by atomic mass is 10.0. The monoisotopic (exact) mass is 598 g/mol. The van der Waals surface area contributed by atoms with Crippen LogP contribution in [0, 0.1) is 11.3 Å². The summed E-state index contributed by atoms with van der Waals surface area (Å²) in [5, 5.41) is 18.7. The summed E-state index contributed by atoms with van der Waals surface area (Å²) >= 11 is 1.59. The molecule has 0 bridgehead atoms. The Morgan fingerprint density at radius 3 is 2.29 bits per heavy atom. The van der Waals surface area contributed by atoms with E-state index in [2.05, 4.69) is 40.2 Å². The zero-order chi connectivity index (χ0) is 30.2. The predicted octanol–water partition coefficient (Wildman–Crippen LogP) is 7.81. The van der Waals surface area contributed by atoms with E-state index in [0.717, 1.165) is 58.4 Å². The van der Waals surface area contributed by atoms with Gasteiger partial charge in [0, 0.05) is 54.8 Å². The van der Waals surface area contributed by atoms with Crippen LogP contribution in [0.15, 0.2) is 125 Å². The minimum absolute atomic E-state index is 0.362. The number of nitriles is 1. The second-order valence-electron chi connectivity index (χ2n) is 11.2. The van der Waals surface area contributed by atoms with Gasteiger partial charge >= 0.3 is 0 Å². The fourth-order valence-electron chi connectivity index (χ4n) is 6.81. The van der Waals surface area contributed by atoms with Gasteiger partial charge in [0.15, 0.2) is 0 Å². The number of rotatable bonds is 2. The smallest absolute Gasteiger partial charge is 0.266 e. The highest BCUT2D eigenvalue weighted by Crippen LogP contribution is 2.40. The van der Waals surface area contributed by atoms with Crippen molar-refractivity contribution >= 4 is 80.6 Å². The molecule has 0 amide bonds. The maximum atomic E-state index is 14.9. The molecule has 1 aliphatic rings. The molecule has 9 rings (SSSR count). The van der Waals surface area contributed by atoms with Crippen molar-refractivity contribution in [3.63, 3.8) is 0 Å². The highest BCUT2D eigenvalue weighted by molar-refractivity contribution is 7.25. The van der Waals surface area contributed by atoms with E-state index in [1.165, 1.54) is 4.57 Å². The van der Waals surface area contributed by atoms with Crippen molar-refractivity contribution in [1.82, 2.24) is 14.5 Å². The zero-order valence-corrected chi connectivity index (χ0v) is 24.6. The number of para-hydroxylation sites is 2. The maximum Gasteiger partial charge on any atom is 0.266 e. The van der Waals surface area contributed by atoms with Gasteiger partial charge in [-0.2, -0.15) is 5.26 Å². The second kappa shape index (κ2) is 9.52. The Bertz CT molecular complexity index is 2810. The quantitative estimate of drug-likeness (QED) is 0.220. The summed E-state index contributed by atoms with van der Waals surface area (Å²) in [6.07, 6.45) is 5.47. The number of hydrogen-bond donors (Lipinski definition) is 1. The number of nitrogens with zero attached hydrogens (tertiary/aromatic N) is 3. The third kappa shape index (κ3) is 3.60. The van der Waals surface area contributed by atoms with E-state index in [9.17, 15) is 14.9 Å². The number of benzene rings is 5. The molecule has 0 saturated heterocycles. The van der Waals surface area contributed by atoms with Crippen molar-refractivity contribution in [1.29, 1.82) is 5.26 Å². The summed E-state index contributed by atoms with van der Waals surface area (Å²) in [5.41, 5.74) is 3.21. The molecule has 8 aromatic rings. The van der Waals surface area contributed by atoms with Crippen molar-refractivity contribution in [2.75, 3.05) is 6.54 Å². The topological polar surface area (TPSA) is 79.8 Å². The van der Waals surface area contributed by atoms with Crippen LogP contribution < -0.4 is 16.4 Å². The van der Waals surface area contributed by atoms with Gasteiger partial charge < -0.3 is 9.88 Å². The molecule has 3 aromatic heterocycles. The largest absolute Gasteiger partial charge is 0.386 e. The molecule has 5 aromatic carbocycles. The van der Waals surface area contributed by atoms with Gasteiger partial charge in [0.05, 0.1) is 33.7 Å². The molecule has 0 unspecified atom stereocenters. The van der Waals surface area contributed by atoms with Crippen molar-refractivity contribution < 1.29 is 0 Å². The van der Waals surface area contributed by atoms with E-state index < -0.39 is 0 Å². The molecule has 45 heavy (non-hydrogen) atoms. The van der Waals surface area contributed by atoms with Crippen LogP contribution in [0.2, 0.25) is 0 Å². The van der Waals surface area contributed by atoms with E-state index >= 15 is 0 Å². The van der Waals surface area contributed by atoms with Crippen LogP contribution in [0.3, 0.4) is 0 Å². The van der Waals surface area contributed by atoms with Crippen LogP contribution in [-0.4, -0.2) is 15.7 Å². The number of hydrogen-bond acceptors (Lipinski definition) is 5. The van der Waals surface area contributed by atoms with Crippen molar-refractivity contribution in [2.45, 2.75) is 0 Å². The normalized spacial score (nSPS) is 13.2. The number of thiophene rings is 1. The van der Waals surface area contributed by atoms with Gasteiger partial charge in [-0.25, -0.2) is 4.57 Å². The van der Waals surface area contributed by atoms with Crippen LogP contribution in [0.1, 0.15) is 5.56 Å². The molecular formula is C38H22N4O2S. The lowest BCUT2D eigenvalue weighted by Crippen LogP contribution is -2.30. The summed E-state index contributed by atoms with van der Waals surface area (Å²) in [6, 6.07) is 34.1. The van der Waals surface area contributed by atoms with E-state index in [4.69, 9.17) is 0 Å². The van der Waals surface area contributed by atoms with Gasteiger partial charge in [-0.15, -0.1) is 11.3 Å². The van der Waals surface area contributed by atoms with Crippen molar-refractivity contribution in [3.05, 3.63) is 142 Å². The first kappa shape index (κ1) is 25.5. The van der Waals surface area contributed by atoms with Crippen molar-refractivity contribution in [3.8, 4) is 11.8 Å². The summed E-state index contributed by atoms with van der Waals surface area (Å²) < 4.78 is 5.46. The summed E-state index contributed by atoms with van der Waals surface area (Å²) in [7, 11) is 0. The summed E-state index contributed by atoms with van der Waals surface area (Å²) in [4.78, 5) is 29.5. The molecule has 0 radical (unpaired) electrons. The zero-order valence-electron chi connectivity index (χ0n) is 23.7. The van der Waals surface area contributed by atoms with E-state index in [0.29, 0.717) is 28.6 Å². The Labute approximate surface area is 259 Å². The highest BCUT2D eigenvalue weighted by Gasteiger charge is 2.21. The van der Waals surface area contributed by atoms with Crippen LogP contribution in [0.4, 0.5) is 0 Å². The Balaban J connectivity index is 1.55. The van der Waals surface area contributed by atoms with Gasteiger partial charge in [-0.1, -0.05) is 54.6 Å². The molecule has 1 aliphatic heterocycles. The fraction of sp³-hybridized carbons (Fsp3) is 0.0263. The molecule has 7 heteroatoms. The second-order valence-corrected chi connectivity index (χ2v) is 12.3. The first-order valence-electron chi connectivity index (χ1n) is 14.6. The lowest BCUT2D eigenvalue weighted by Gasteiger charge is -2.09. The van der Waals surface area contributed by atoms with E-state index in [-0.39, 0.29) is 11.1 Å². The molecule has 212 valence electrons. The number of nitrogens with one attached hydrogen (secondary N) is 1. The molecule has 4 heterocycles. The first-order chi connectivity index (χ1) is 22.1. The Hall–Kier alpha value is -5.97. The lowest BCUT2D eigenvalue weighted by molar-refractivity contribution is 0.927. The highest BCUT2D eigenvalue weighted by atomic mass is 32.1. The Kier molecular flexibility index (Phi) is 5.40. The number of aromatic nitrogens is 2. The van der Waals surface area contributed by atoms with Gasteiger partial charge in [-0.3, -0.25) is 9.59 Å². The first-order valence-corrected chi connectivity index (χ1v) is 15.5. The molecular weight excluding hydrogens is 577 g/mol. The third-order valence-corrected chi connectivity index (χ3v) is 9.88. The average Bonchev–Trinajstić information content (AvgIpc) is 3.60. The van der Waals surface area contributed by atoms with Crippen LogP contribution in [0.5, 0.6) is 0 Å². The SMILES string of the molecule is N#Cc1ccc2c(c1)sc1cc3c(cc12)c(=O)n(C1=CNCC=C1)c(=O)c1c3ccc2c1c1ccccc1n2-c1ccccc1. The minimum atomic E-state index is -0.374. The number of fused-ring (bicyclic) bond motifs is 10. The number of dihydropyridines is 1. The van der Waals surface area contributed by atoms with Crippen LogP contribution in [0.25, 0.3) is 74.9 Å². The van der Waals surface area contributed by atoms with Crippen LogP contribution >= 0.6 is 11.3 Å². The Morgan fingerprint density at radius 2 is 1.47 bits per heavy atom. The van der Waals surface area contributed by atoms with Gasteiger partial charge in [-0.05, 0) is 65.4 Å².